The summed E-state index contributed by atoms with van der Waals surface area (Å²) in [4.78, 5) is 4.43. The van der Waals surface area contributed by atoms with Crippen LogP contribution in [-0.2, 0) is 0 Å². The normalized spacial score (nSPS) is 15.5. The Balaban J connectivity index is 2.07. The van der Waals surface area contributed by atoms with Crippen LogP contribution in [0.2, 0.25) is 0 Å². The summed E-state index contributed by atoms with van der Waals surface area (Å²) in [5.41, 5.74) is 1.18. The van der Waals surface area contributed by atoms with Crippen LogP contribution in [0.4, 0.5) is 0 Å². The van der Waals surface area contributed by atoms with E-state index in [9.17, 15) is 0 Å². The zero-order chi connectivity index (χ0) is 10.3. The largest absolute Gasteiger partial charge is 0.303 e. The van der Waals surface area contributed by atoms with Gasteiger partial charge in [0.25, 0.3) is 0 Å². The molecule has 0 radical (unpaired) electrons. The lowest BCUT2D eigenvalue weighted by atomic mass is 10.3. The van der Waals surface area contributed by atoms with Crippen LogP contribution in [0, 0.1) is 0 Å². The van der Waals surface area contributed by atoms with Crippen molar-refractivity contribution >= 4 is 15.9 Å². The van der Waals surface area contributed by atoms with E-state index in [4.69, 9.17) is 0 Å². The van der Waals surface area contributed by atoms with Crippen LogP contribution < -0.4 is 0 Å². The molecule has 1 aliphatic carbocycles. The highest BCUT2D eigenvalue weighted by molar-refractivity contribution is 9.10. The number of aromatic nitrogens is 2. The number of nitrogens with zero attached hydrogens (tertiary/aromatic N) is 2. The smallest absolute Gasteiger partial charge is 0.116 e. The molecule has 0 saturated heterocycles. The fourth-order valence-electron chi connectivity index (χ4n) is 1.80. The minimum absolute atomic E-state index is 0.680. The molecule has 1 saturated carbocycles. The van der Waals surface area contributed by atoms with Crippen molar-refractivity contribution in [1.29, 1.82) is 0 Å². The summed E-state index contributed by atoms with van der Waals surface area (Å²) in [7, 11) is 0. The first-order chi connectivity index (χ1) is 7.34. The first kappa shape index (κ1) is 9.16. The van der Waals surface area contributed by atoms with Gasteiger partial charge in [-0.1, -0.05) is 22.0 Å². The average Bonchev–Trinajstić information content (AvgIpc) is 2.96. The predicted octanol–water partition coefficient (Wildman–Crippen LogP) is 3.51. The van der Waals surface area contributed by atoms with Gasteiger partial charge in [0.05, 0.1) is 0 Å². The Kier molecular flexibility index (Phi) is 2.13. The summed E-state index contributed by atoms with van der Waals surface area (Å²) in [6, 6.07) is 8.32. The maximum Gasteiger partial charge on any atom is 0.116 e. The number of hydrogen-bond donors (Lipinski definition) is 0. The molecule has 0 N–H and O–H groups in total. The molecule has 1 aromatic heterocycles. The molecule has 76 valence electrons. The van der Waals surface area contributed by atoms with Crippen molar-refractivity contribution in [2.75, 3.05) is 0 Å². The molecular formula is C12H11BrN2. The second-order valence-corrected chi connectivity index (χ2v) is 4.83. The van der Waals surface area contributed by atoms with Crippen molar-refractivity contribution in [2.45, 2.75) is 18.8 Å². The minimum atomic E-state index is 0.680. The van der Waals surface area contributed by atoms with E-state index < -0.39 is 0 Å². The van der Waals surface area contributed by atoms with E-state index in [1.165, 1.54) is 24.4 Å². The minimum Gasteiger partial charge on any atom is -0.303 e. The molecule has 1 aromatic carbocycles. The molecule has 2 nitrogen and oxygen atoms in total. The lowest BCUT2D eigenvalue weighted by molar-refractivity contribution is 0.879. The zero-order valence-corrected chi connectivity index (χ0v) is 9.81. The summed E-state index contributed by atoms with van der Waals surface area (Å²) in [6.45, 7) is 0. The van der Waals surface area contributed by atoms with Crippen LogP contribution in [0.15, 0.2) is 41.1 Å². The van der Waals surface area contributed by atoms with Crippen molar-refractivity contribution in [3.8, 4) is 5.69 Å². The molecule has 0 unspecified atom stereocenters. The van der Waals surface area contributed by atoms with Crippen LogP contribution in [0.25, 0.3) is 5.69 Å². The van der Waals surface area contributed by atoms with Gasteiger partial charge in [0.2, 0.25) is 0 Å². The maximum atomic E-state index is 4.43. The molecule has 15 heavy (non-hydrogen) atoms. The fraction of sp³-hybridized carbons (Fsp3) is 0.250. The van der Waals surface area contributed by atoms with Crippen LogP contribution in [0.1, 0.15) is 24.6 Å². The summed E-state index contributed by atoms with van der Waals surface area (Å²) >= 11 is 3.49. The second-order valence-electron chi connectivity index (χ2n) is 3.91. The van der Waals surface area contributed by atoms with Crippen molar-refractivity contribution in [1.82, 2.24) is 9.55 Å². The van der Waals surface area contributed by atoms with Gasteiger partial charge in [-0.15, -0.1) is 0 Å². The first-order valence-corrected chi connectivity index (χ1v) is 5.93. The van der Waals surface area contributed by atoms with Gasteiger partial charge in [0.1, 0.15) is 5.82 Å². The Hall–Kier alpha value is -1.09. The predicted molar refractivity (Wildman–Crippen MR) is 63.2 cm³/mol. The monoisotopic (exact) mass is 262 g/mol. The van der Waals surface area contributed by atoms with Crippen molar-refractivity contribution in [2.24, 2.45) is 0 Å². The van der Waals surface area contributed by atoms with Gasteiger partial charge in [0.15, 0.2) is 0 Å². The molecule has 0 aliphatic heterocycles. The number of benzene rings is 1. The topological polar surface area (TPSA) is 17.8 Å². The third-order valence-corrected chi connectivity index (χ3v) is 3.19. The molecule has 3 rings (SSSR count). The van der Waals surface area contributed by atoms with E-state index in [2.05, 4.69) is 43.7 Å². The summed E-state index contributed by atoms with van der Waals surface area (Å²) < 4.78 is 3.29. The number of imidazole rings is 1. The van der Waals surface area contributed by atoms with Crippen LogP contribution in [-0.4, -0.2) is 9.55 Å². The van der Waals surface area contributed by atoms with Gasteiger partial charge in [-0.05, 0) is 31.0 Å². The zero-order valence-electron chi connectivity index (χ0n) is 8.23. The Bertz CT molecular complexity index is 486. The average molecular weight is 263 g/mol. The van der Waals surface area contributed by atoms with Gasteiger partial charge >= 0.3 is 0 Å². The third kappa shape index (κ3) is 1.72. The highest BCUT2D eigenvalue weighted by atomic mass is 79.9. The Morgan fingerprint density at radius 3 is 2.93 bits per heavy atom. The summed E-state index contributed by atoms with van der Waals surface area (Å²) in [6.07, 6.45) is 6.49. The molecule has 3 heteroatoms. The summed E-state index contributed by atoms with van der Waals surface area (Å²) in [5, 5.41) is 0. The highest BCUT2D eigenvalue weighted by Gasteiger charge is 2.28. The van der Waals surface area contributed by atoms with Crippen molar-refractivity contribution < 1.29 is 0 Å². The second kappa shape index (κ2) is 3.49. The van der Waals surface area contributed by atoms with Gasteiger partial charge in [-0.3, -0.25) is 0 Å². The van der Waals surface area contributed by atoms with Crippen molar-refractivity contribution in [3.05, 3.63) is 47.0 Å². The van der Waals surface area contributed by atoms with Gasteiger partial charge in [-0.2, -0.15) is 0 Å². The Morgan fingerprint density at radius 2 is 2.20 bits per heavy atom. The molecule has 0 amide bonds. The summed E-state index contributed by atoms with van der Waals surface area (Å²) in [5.74, 6) is 1.88. The lowest BCUT2D eigenvalue weighted by Gasteiger charge is -2.06. The molecular weight excluding hydrogens is 252 g/mol. The van der Waals surface area contributed by atoms with Crippen LogP contribution >= 0.6 is 15.9 Å². The van der Waals surface area contributed by atoms with E-state index >= 15 is 0 Å². The Morgan fingerprint density at radius 1 is 1.33 bits per heavy atom. The molecule has 0 spiro atoms. The van der Waals surface area contributed by atoms with E-state index in [-0.39, 0.29) is 0 Å². The van der Waals surface area contributed by atoms with Crippen LogP contribution in [0.5, 0.6) is 0 Å². The van der Waals surface area contributed by atoms with E-state index in [0.29, 0.717) is 5.92 Å². The van der Waals surface area contributed by atoms with E-state index in [1.54, 1.807) is 0 Å². The Labute approximate surface area is 97.1 Å². The molecule has 0 bridgehead atoms. The third-order valence-electron chi connectivity index (χ3n) is 2.70. The standard InChI is InChI=1S/C12H11BrN2/c13-10-2-1-3-11(8-10)15-7-6-14-12(15)9-4-5-9/h1-3,6-9H,4-5H2. The molecule has 1 aliphatic rings. The van der Waals surface area contributed by atoms with E-state index in [1.807, 2.05) is 18.5 Å². The lowest BCUT2D eigenvalue weighted by Crippen LogP contribution is -1.98. The molecule has 0 atom stereocenters. The molecule has 2 aromatic rings. The van der Waals surface area contributed by atoms with Gasteiger partial charge in [-0.25, -0.2) is 4.98 Å². The maximum absolute atomic E-state index is 4.43. The van der Waals surface area contributed by atoms with Crippen molar-refractivity contribution in [3.63, 3.8) is 0 Å². The number of hydrogen-bond acceptors (Lipinski definition) is 1. The fourth-order valence-corrected chi connectivity index (χ4v) is 2.19. The highest BCUT2D eigenvalue weighted by Crippen LogP contribution is 2.39. The molecule has 1 fully saturated rings. The van der Waals surface area contributed by atoms with Crippen LogP contribution in [0.3, 0.4) is 0 Å². The first-order valence-electron chi connectivity index (χ1n) is 5.14. The SMILES string of the molecule is Brc1cccc(-n2ccnc2C2CC2)c1. The quantitative estimate of drug-likeness (QED) is 0.810. The number of rotatable bonds is 2. The van der Waals surface area contributed by atoms with Gasteiger partial charge in [0, 0.05) is 28.5 Å². The van der Waals surface area contributed by atoms with E-state index in [0.717, 1.165) is 4.47 Å². The number of halogens is 1. The van der Waals surface area contributed by atoms with Gasteiger partial charge < -0.3 is 4.57 Å². The molecule has 1 heterocycles.